The van der Waals surface area contributed by atoms with Crippen LogP contribution in [-0.2, 0) is 7.05 Å². The Morgan fingerprint density at radius 1 is 1.27 bits per heavy atom. The van der Waals surface area contributed by atoms with Crippen molar-refractivity contribution >= 4 is 22.5 Å². The number of nitrogens with one attached hydrogen (secondary N) is 1. The first kappa shape index (κ1) is 13.9. The first-order valence-electron chi connectivity index (χ1n) is 6.57. The molecule has 3 aromatic rings. The molecule has 0 saturated carbocycles. The average molecular weight is 297 g/mol. The molecule has 22 heavy (non-hydrogen) atoms. The van der Waals surface area contributed by atoms with Crippen molar-refractivity contribution in [3.8, 4) is 0 Å². The molecule has 2 aromatic heterocycles. The van der Waals surface area contributed by atoms with E-state index in [0.717, 1.165) is 0 Å². The van der Waals surface area contributed by atoms with Crippen molar-refractivity contribution in [1.29, 1.82) is 0 Å². The van der Waals surface area contributed by atoms with Gasteiger partial charge in [0.15, 0.2) is 0 Å². The van der Waals surface area contributed by atoms with Crippen LogP contribution < -0.4 is 10.7 Å². The molecule has 1 amide bonds. The number of fused-ring (bicyclic) bond motifs is 1. The Hall–Kier alpha value is -3.02. The zero-order chi connectivity index (χ0) is 15.7. The molecule has 1 aromatic carbocycles. The maximum atomic E-state index is 13.8. The summed E-state index contributed by atoms with van der Waals surface area (Å²) in [5.74, 6) is -1.06. The minimum absolute atomic E-state index is 0.0514. The van der Waals surface area contributed by atoms with Gasteiger partial charge in [0.05, 0.1) is 17.4 Å². The number of para-hydroxylation sites is 1. The van der Waals surface area contributed by atoms with Crippen molar-refractivity contribution in [1.82, 2.24) is 9.55 Å². The fraction of sp³-hybridized carbons (Fsp3) is 0.0625. The average Bonchev–Trinajstić information content (AvgIpc) is 2.51. The summed E-state index contributed by atoms with van der Waals surface area (Å²) in [5, 5.41) is 2.76. The van der Waals surface area contributed by atoms with Crippen LogP contribution in [0.15, 0.2) is 53.7 Å². The van der Waals surface area contributed by atoms with Gasteiger partial charge < -0.3 is 9.88 Å². The monoisotopic (exact) mass is 297 g/mol. The second kappa shape index (κ2) is 5.40. The van der Waals surface area contributed by atoms with Crippen LogP contribution in [0.3, 0.4) is 0 Å². The first-order chi connectivity index (χ1) is 10.6. The van der Waals surface area contributed by atoms with Gasteiger partial charge in [0.1, 0.15) is 11.4 Å². The Bertz CT molecular complexity index is 920. The lowest BCUT2D eigenvalue weighted by Gasteiger charge is -2.10. The SMILES string of the molecule is Cn1cc(C(=O)Nc2cccnc2)c(=O)c2cccc(F)c21. The van der Waals surface area contributed by atoms with Crippen LogP contribution in [0.25, 0.3) is 10.9 Å². The minimum atomic E-state index is -0.556. The number of hydrogen-bond donors (Lipinski definition) is 1. The molecule has 0 bridgehead atoms. The third-order valence-corrected chi connectivity index (χ3v) is 3.32. The Labute approximate surface area is 125 Å². The molecule has 0 aliphatic heterocycles. The van der Waals surface area contributed by atoms with E-state index in [1.54, 1.807) is 25.4 Å². The number of carbonyl (C=O) groups excluding carboxylic acids is 1. The number of hydrogen-bond acceptors (Lipinski definition) is 3. The van der Waals surface area contributed by atoms with Gasteiger partial charge in [-0.25, -0.2) is 4.39 Å². The summed E-state index contributed by atoms with van der Waals surface area (Å²) in [4.78, 5) is 28.6. The second-order valence-corrected chi connectivity index (χ2v) is 4.81. The Kier molecular flexibility index (Phi) is 3.42. The van der Waals surface area contributed by atoms with E-state index < -0.39 is 17.2 Å². The first-order valence-corrected chi connectivity index (χ1v) is 6.57. The van der Waals surface area contributed by atoms with Crippen molar-refractivity contribution in [3.05, 3.63) is 70.5 Å². The summed E-state index contributed by atoms with van der Waals surface area (Å²) in [6.07, 6.45) is 4.38. The van der Waals surface area contributed by atoms with E-state index in [0.29, 0.717) is 5.69 Å². The van der Waals surface area contributed by atoms with Crippen LogP contribution in [0.4, 0.5) is 10.1 Å². The number of benzene rings is 1. The smallest absolute Gasteiger partial charge is 0.261 e. The number of amides is 1. The molecule has 3 rings (SSSR count). The van der Waals surface area contributed by atoms with Crippen molar-refractivity contribution in [3.63, 3.8) is 0 Å². The van der Waals surface area contributed by atoms with Crippen LogP contribution in [0, 0.1) is 5.82 Å². The molecule has 1 N–H and O–H groups in total. The third kappa shape index (κ3) is 2.35. The second-order valence-electron chi connectivity index (χ2n) is 4.81. The Balaban J connectivity index is 2.10. The number of halogens is 1. The van der Waals surface area contributed by atoms with E-state index in [1.807, 2.05) is 0 Å². The summed E-state index contributed by atoms with van der Waals surface area (Å²) in [5.41, 5.74) is 0.0952. The van der Waals surface area contributed by atoms with E-state index >= 15 is 0 Å². The van der Waals surface area contributed by atoms with Crippen LogP contribution >= 0.6 is 0 Å². The summed E-state index contributed by atoms with van der Waals surface area (Å²) in [7, 11) is 1.59. The molecule has 0 fully saturated rings. The van der Waals surface area contributed by atoms with Crippen molar-refractivity contribution < 1.29 is 9.18 Å². The molecule has 0 aliphatic carbocycles. The highest BCUT2D eigenvalue weighted by Crippen LogP contribution is 2.15. The zero-order valence-electron chi connectivity index (χ0n) is 11.7. The number of pyridine rings is 2. The predicted molar refractivity (Wildman–Crippen MR) is 81.3 cm³/mol. The number of aromatic nitrogens is 2. The van der Waals surface area contributed by atoms with Gasteiger partial charge in [-0.3, -0.25) is 14.6 Å². The van der Waals surface area contributed by atoms with Crippen molar-refractivity contribution in [2.75, 3.05) is 5.32 Å². The molecule has 0 saturated heterocycles. The maximum Gasteiger partial charge on any atom is 0.261 e. The van der Waals surface area contributed by atoms with Gasteiger partial charge in [-0.2, -0.15) is 0 Å². The van der Waals surface area contributed by atoms with E-state index in [-0.39, 0.29) is 16.5 Å². The molecule has 0 unspecified atom stereocenters. The molecular weight excluding hydrogens is 285 g/mol. The van der Waals surface area contributed by atoms with Gasteiger partial charge in [-0.15, -0.1) is 0 Å². The molecule has 0 radical (unpaired) electrons. The standard InChI is InChI=1S/C16H12FN3O2/c1-20-9-12(16(22)19-10-4-3-7-18-8-10)15(21)11-5-2-6-13(17)14(11)20/h2-9H,1H3,(H,19,22). The van der Waals surface area contributed by atoms with E-state index in [1.165, 1.54) is 35.2 Å². The summed E-state index contributed by atoms with van der Waals surface area (Å²) in [6.45, 7) is 0. The van der Waals surface area contributed by atoms with Crippen LogP contribution in [0.1, 0.15) is 10.4 Å². The summed E-state index contributed by atoms with van der Waals surface area (Å²) >= 11 is 0. The lowest BCUT2D eigenvalue weighted by molar-refractivity contribution is 0.102. The quantitative estimate of drug-likeness (QED) is 0.789. The molecular formula is C16H12FN3O2. The van der Waals surface area contributed by atoms with Gasteiger partial charge in [0, 0.05) is 24.8 Å². The highest BCUT2D eigenvalue weighted by atomic mass is 19.1. The van der Waals surface area contributed by atoms with Gasteiger partial charge in [0.25, 0.3) is 5.91 Å². The third-order valence-electron chi connectivity index (χ3n) is 3.32. The molecule has 0 spiro atoms. The van der Waals surface area contributed by atoms with Gasteiger partial charge >= 0.3 is 0 Å². The van der Waals surface area contributed by atoms with Crippen LogP contribution in [-0.4, -0.2) is 15.5 Å². The fourth-order valence-electron chi connectivity index (χ4n) is 2.32. The summed E-state index contributed by atoms with van der Waals surface area (Å²) in [6, 6.07) is 7.56. The van der Waals surface area contributed by atoms with Gasteiger partial charge in [0.2, 0.25) is 5.43 Å². The highest BCUT2D eigenvalue weighted by molar-refractivity contribution is 6.05. The van der Waals surface area contributed by atoms with Crippen molar-refractivity contribution in [2.24, 2.45) is 7.05 Å². The highest BCUT2D eigenvalue weighted by Gasteiger charge is 2.16. The van der Waals surface area contributed by atoms with Crippen LogP contribution in [0.5, 0.6) is 0 Å². The number of carbonyl (C=O) groups is 1. The van der Waals surface area contributed by atoms with Crippen LogP contribution in [0.2, 0.25) is 0 Å². The lowest BCUT2D eigenvalue weighted by Crippen LogP contribution is -2.23. The van der Waals surface area contributed by atoms with Crippen molar-refractivity contribution in [2.45, 2.75) is 0 Å². The summed E-state index contributed by atoms with van der Waals surface area (Å²) < 4.78 is 15.3. The number of nitrogens with zero attached hydrogens (tertiary/aromatic N) is 2. The van der Waals surface area contributed by atoms with E-state index in [9.17, 15) is 14.0 Å². The topological polar surface area (TPSA) is 64.0 Å². The zero-order valence-corrected chi connectivity index (χ0v) is 11.7. The van der Waals surface area contributed by atoms with Gasteiger partial charge in [-0.1, -0.05) is 6.07 Å². The van der Waals surface area contributed by atoms with Gasteiger partial charge in [-0.05, 0) is 24.3 Å². The molecule has 2 heterocycles. The largest absolute Gasteiger partial charge is 0.347 e. The number of aryl methyl sites for hydroxylation is 1. The Morgan fingerprint density at radius 3 is 2.82 bits per heavy atom. The maximum absolute atomic E-state index is 13.8. The molecule has 0 aliphatic rings. The van der Waals surface area contributed by atoms with E-state index in [4.69, 9.17) is 0 Å². The molecule has 110 valence electrons. The number of rotatable bonds is 2. The predicted octanol–water partition coefficient (Wildman–Crippen LogP) is 2.32. The number of anilines is 1. The molecule has 6 heteroatoms. The molecule has 0 atom stereocenters. The van der Waals surface area contributed by atoms with E-state index in [2.05, 4.69) is 10.3 Å². The minimum Gasteiger partial charge on any atom is -0.347 e. The fourth-order valence-corrected chi connectivity index (χ4v) is 2.32. The Morgan fingerprint density at radius 2 is 2.09 bits per heavy atom. The normalized spacial score (nSPS) is 10.6. The lowest BCUT2D eigenvalue weighted by atomic mass is 10.1. The molecule has 5 nitrogen and oxygen atoms in total.